The zero-order valence-corrected chi connectivity index (χ0v) is 18.0. The van der Waals surface area contributed by atoms with Gasteiger partial charge in [-0.05, 0) is 50.6 Å². The second-order valence-corrected chi connectivity index (χ2v) is 8.98. The highest BCUT2D eigenvalue weighted by Crippen LogP contribution is 2.40. The molecule has 0 radical (unpaired) electrons. The fourth-order valence-electron chi connectivity index (χ4n) is 4.31. The number of anilines is 2. The molecule has 2 aliphatic rings. The summed E-state index contributed by atoms with van der Waals surface area (Å²) in [6.45, 7) is 4.70. The molecule has 0 atom stereocenters. The second-order valence-electron chi connectivity index (χ2n) is 8.17. The number of amidine groups is 1. The van der Waals surface area contributed by atoms with E-state index in [0.717, 1.165) is 59.9 Å². The predicted octanol–water partition coefficient (Wildman–Crippen LogP) is 5.01. The summed E-state index contributed by atoms with van der Waals surface area (Å²) < 4.78 is 0. The van der Waals surface area contributed by atoms with E-state index < -0.39 is 0 Å². The van der Waals surface area contributed by atoms with Gasteiger partial charge in [-0.1, -0.05) is 23.2 Å². The van der Waals surface area contributed by atoms with Crippen molar-refractivity contribution in [2.45, 2.75) is 31.8 Å². The van der Waals surface area contributed by atoms with Crippen molar-refractivity contribution in [1.82, 2.24) is 14.9 Å². The lowest BCUT2D eigenvalue weighted by atomic mass is 9.84. The molecule has 0 aliphatic carbocycles. The summed E-state index contributed by atoms with van der Waals surface area (Å²) in [7, 11) is 2.16. The topological polar surface area (TPSA) is 71.2 Å². The van der Waals surface area contributed by atoms with Gasteiger partial charge in [0.25, 0.3) is 0 Å². The molecule has 4 heterocycles. The van der Waals surface area contributed by atoms with E-state index in [2.05, 4.69) is 45.5 Å². The fourth-order valence-corrected chi connectivity index (χ4v) is 4.64. The predicted molar refractivity (Wildman–Crippen MR) is 122 cm³/mol. The van der Waals surface area contributed by atoms with Gasteiger partial charge in [0.1, 0.15) is 5.84 Å². The molecule has 1 saturated heterocycles. The summed E-state index contributed by atoms with van der Waals surface area (Å²) >= 11 is 12.5. The van der Waals surface area contributed by atoms with E-state index in [9.17, 15) is 0 Å². The van der Waals surface area contributed by atoms with Gasteiger partial charge in [-0.2, -0.15) is 0 Å². The number of nitrogens with one attached hydrogen (secondary N) is 4. The largest absolute Gasteiger partial charge is 0.371 e. The number of H-pyrrole nitrogens is 2. The first-order valence-electron chi connectivity index (χ1n) is 9.87. The van der Waals surface area contributed by atoms with Crippen LogP contribution in [0.2, 0.25) is 10.0 Å². The Balaban J connectivity index is 1.50. The minimum absolute atomic E-state index is 0.222. The molecule has 1 aromatic carbocycles. The van der Waals surface area contributed by atoms with Crippen LogP contribution in [-0.4, -0.2) is 46.4 Å². The quantitative estimate of drug-likeness (QED) is 0.461. The second kappa shape index (κ2) is 6.97. The van der Waals surface area contributed by atoms with Crippen LogP contribution in [0.15, 0.2) is 29.4 Å². The van der Waals surface area contributed by atoms with E-state index in [0.29, 0.717) is 16.6 Å². The summed E-state index contributed by atoms with van der Waals surface area (Å²) in [5.41, 5.74) is 6.24. The molecule has 1 spiro atoms. The maximum Gasteiger partial charge on any atom is 0.127 e. The van der Waals surface area contributed by atoms with Crippen LogP contribution in [0.1, 0.15) is 24.1 Å². The lowest BCUT2D eigenvalue weighted by Gasteiger charge is -2.46. The lowest BCUT2D eigenvalue weighted by molar-refractivity contribution is 0.240. The summed E-state index contributed by atoms with van der Waals surface area (Å²) in [6, 6.07) is 5.90. The van der Waals surface area contributed by atoms with E-state index in [4.69, 9.17) is 28.2 Å². The molecule has 152 valence electrons. The first kappa shape index (κ1) is 18.9. The molecule has 6 nitrogen and oxygen atoms in total. The van der Waals surface area contributed by atoms with Gasteiger partial charge < -0.3 is 25.5 Å². The molecule has 0 bridgehead atoms. The Morgan fingerprint density at radius 3 is 2.55 bits per heavy atom. The minimum atomic E-state index is -0.222. The molecular weight excluding hydrogens is 407 g/mol. The van der Waals surface area contributed by atoms with Gasteiger partial charge in [-0.15, -0.1) is 0 Å². The van der Waals surface area contributed by atoms with Gasteiger partial charge >= 0.3 is 0 Å². The normalized spacial score (nSPS) is 20.1. The number of halogens is 2. The highest BCUT2D eigenvalue weighted by molar-refractivity contribution is 6.42. The number of benzene rings is 1. The molecular formula is C21H24Cl2N6. The number of hydrogen-bond donors (Lipinski definition) is 4. The average molecular weight is 431 g/mol. The van der Waals surface area contributed by atoms with Crippen LogP contribution in [-0.2, 0) is 6.54 Å². The molecule has 0 amide bonds. The summed E-state index contributed by atoms with van der Waals surface area (Å²) in [5.74, 6) is 0.964. The highest BCUT2D eigenvalue weighted by atomic mass is 35.5. The third-order valence-electron chi connectivity index (χ3n) is 6.10. The zero-order chi connectivity index (χ0) is 20.2. The van der Waals surface area contributed by atoms with Crippen molar-refractivity contribution in [3.8, 4) is 0 Å². The molecule has 5 rings (SSSR count). The first-order valence-corrected chi connectivity index (χ1v) is 10.6. The standard InChI is InChI=1S/C21H24Cl2N6/c1-12-10-24-18-7-13(26-19(12)18)11-25-20-21(3-5-29(2)6-4-21)28-17-9-15(23)14(22)8-16(17)27-20/h7-10,24,26,28H,3-6,11H2,1-2H3,(H,25,27). The Morgan fingerprint density at radius 1 is 1.10 bits per heavy atom. The molecule has 4 N–H and O–H groups in total. The SMILES string of the molecule is Cc1c[nH]c2cc(CN=C3Nc4cc(Cl)c(Cl)cc4NC34CCN(C)CC4)[nH]c12. The van der Waals surface area contributed by atoms with Crippen molar-refractivity contribution in [3.63, 3.8) is 0 Å². The van der Waals surface area contributed by atoms with Crippen molar-refractivity contribution >= 4 is 51.4 Å². The fraction of sp³-hybridized carbons (Fsp3) is 0.381. The van der Waals surface area contributed by atoms with E-state index in [-0.39, 0.29) is 5.54 Å². The third kappa shape index (κ3) is 3.29. The Hall–Kier alpha value is -2.15. The number of likely N-dealkylation sites (tertiary alicyclic amines) is 1. The molecule has 2 aliphatic heterocycles. The highest BCUT2D eigenvalue weighted by Gasteiger charge is 2.42. The minimum Gasteiger partial charge on any atom is -0.371 e. The van der Waals surface area contributed by atoms with Crippen LogP contribution in [0, 0.1) is 6.92 Å². The summed E-state index contributed by atoms with van der Waals surface area (Å²) in [6.07, 6.45) is 3.96. The maximum atomic E-state index is 6.27. The molecule has 29 heavy (non-hydrogen) atoms. The van der Waals surface area contributed by atoms with Gasteiger partial charge in [0, 0.05) is 25.0 Å². The zero-order valence-electron chi connectivity index (χ0n) is 16.5. The molecule has 3 aromatic rings. The Kier molecular flexibility index (Phi) is 4.53. The van der Waals surface area contributed by atoms with Gasteiger partial charge in [-0.3, -0.25) is 4.99 Å². The monoisotopic (exact) mass is 430 g/mol. The number of nitrogens with zero attached hydrogens (tertiary/aromatic N) is 2. The number of piperidine rings is 1. The van der Waals surface area contributed by atoms with Crippen molar-refractivity contribution in [3.05, 3.63) is 45.7 Å². The maximum absolute atomic E-state index is 6.27. The number of hydrogen-bond acceptors (Lipinski definition) is 3. The lowest BCUT2D eigenvalue weighted by Crippen LogP contribution is -2.58. The Bertz CT molecular complexity index is 1100. The number of aromatic amines is 2. The molecule has 8 heteroatoms. The summed E-state index contributed by atoms with van der Waals surface area (Å²) in [4.78, 5) is 14.1. The number of fused-ring (bicyclic) bond motifs is 2. The van der Waals surface area contributed by atoms with Gasteiger partial charge in [-0.25, -0.2) is 0 Å². The average Bonchev–Trinajstić information content (AvgIpc) is 3.26. The molecule has 1 fully saturated rings. The van der Waals surface area contributed by atoms with Crippen LogP contribution < -0.4 is 10.6 Å². The smallest absolute Gasteiger partial charge is 0.127 e. The van der Waals surface area contributed by atoms with Crippen LogP contribution >= 0.6 is 23.2 Å². The first-order chi connectivity index (χ1) is 13.9. The number of aryl methyl sites for hydroxylation is 1. The van der Waals surface area contributed by atoms with Crippen LogP contribution in [0.5, 0.6) is 0 Å². The molecule has 0 saturated carbocycles. The van der Waals surface area contributed by atoms with Gasteiger partial charge in [0.05, 0.1) is 44.5 Å². The third-order valence-corrected chi connectivity index (χ3v) is 6.82. The van der Waals surface area contributed by atoms with E-state index >= 15 is 0 Å². The van der Waals surface area contributed by atoms with E-state index in [1.54, 1.807) is 0 Å². The van der Waals surface area contributed by atoms with Gasteiger partial charge in [0.2, 0.25) is 0 Å². The number of aromatic nitrogens is 2. The number of aliphatic imine (C=N–C) groups is 1. The molecule has 0 unspecified atom stereocenters. The van der Waals surface area contributed by atoms with Crippen molar-refractivity contribution in [2.75, 3.05) is 30.8 Å². The van der Waals surface area contributed by atoms with Crippen LogP contribution in [0.3, 0.4) is 0 Å². The Labute approximate surface area is 179 Å². The summed E-state index contributed by atoms with van der Waals surface area (Å²) in [5, 5.41) is 8.38. The Morgan fingerprint density at radius 2 is 1.83 bits per heavy atom. The van der Waals surface area contributed by atoms with E-state index in [1.165, 1.54) is 5.56 Å². The number of rotatable bonds is 2. The van der Waals surface area contributed by atoms with Crippen LogP contribution in [0.25, 0.3) is 11.0 Å². The van der Waals surface area contributed by atoms with Crippen molar-refractivity contribution in [1.29, 1.82) is 0 Å². The van der Waals surface area contributed by atoms with Crippen molar-refractivity contribution < 1.29 is 0 Å². The van der Waals surface area contributed by atoms with Crippen LogP contribution in [0.4, 0.5) is 11.4 Å². The molecule has 2 aromatic heterocycles. The van der Waals surface area contributed by atoms with Crippen molar-refractivity contribution in [2.24, 2.45) is 4.99 Å². The van der Waals surface area contributed by atoms with Gasteiger partial charge in [0.15, 0.2) is 0 Å². The van der Waals surface area contributed by atoms with E-state index in [1.807, 2.05) is 18.3 Å².